The number of hydrogen-bond donors (Lipinski definition) is 2. The van der Waals surface area contributed by atoms with E-state index in [0.717, 1.165) is 31.9 Å². The van der Waals surface area contributed by atoms with E-state index in [-0.39, 0.29) is 5.82 Å². The van der Waals surface area contributed by atoms with Crippen LogP contribution in [0.3, 0.4) is 0 Å². The van der Waals surface area contributed by atoms with E-state index in [1.165, 1.54) is 12.1 Å². The minimum absolute atomic E-state index is 0.229. The summed E-state index contributed by atoms with van der Waals surface area (Å²) in [5, 5.41) is 13.1. The van der Waals surface area contributed by atoms with Gasteiger partial charge in [0.15, 0.2) is 0 Å². The average molecular weight is 268 g/mol. The Labute approximate surface area is 113 Å². The lowest BCUT2D eigenvalue weighted by Gasteiger charge is -2.28. The number of ether oxygens (including phenoxy) is 1. The molecule has 1 aliphatic rings. The van der Waals surface area contributed by atoms with Crippen molar-refractivity contribution < 1.29 is 14.2 Å². The first kappa shape index (κ1) is 14.4. The predicted octanol–water partition coefficient (Wildman–Crippen LogP) is 0.608. The zero-order valence-corrected chi connectivity index (χ0v) is 11.0. The van der Waals surface area contributed by atoms with Gasteiger partial charge >= 0.3 is 0 Å². The zero-order chi connectivity index (χ0) is 13.5. The van der Waals surface area contributed by atoms with E-state index in [4.69, 9.17) is 4.74 Å². The molecule has 2 rings (SSSR count). The van der Waals surface area contributed by atoms with Crippen molar-refractivity contribution in [3.63, 3.8) is 0 Å². The van der Waals surface area contributed by atoms with Crippen molar-refractivity contribution >= 4 is 0 Å². The lowest BCUT2D eigenvalue weighted by molar-refractivity contribution is 0.0149. The number of aliphatic hydroxyl groups excluding tert-OH is 1. The Hall–Kier alpha value is -1.01. The number of morpholine rings is 1. The molecule has 0 saturated carbocycles. The Morgan fingerprint density at radius 3 is 2.89 bits per heavy atom. The zero-order valence-electron chi connectivity index (χ0n) is 11.0. The van der Waals surface area contributed by atoms with Crippen molar-refractivity contribution in [3.05, 3.63) is 35.6 Å². The van der Waals surface area contributed by atoms with E-state index in [1.807, 2.05) is 6.07 Å². The molecule has 1 heterocycles. The molecule has 1 aromatic carbocycles. The molecule has 0 radical (unpaired) electrons. The molecule has 1 fully saturated rings. The molecular weight excluding hydrogens is 247 g/mol. The van der Waals surface area contributed by atoms with Gasteiger partial charge in [-0.3, -0.25) is 4.90 Å². The highest BCUT2D eigenvalue weighted by atomic mass is 19.1. The standard InChI is InChI=1S/C14H21FN2O2/c15-13-3-1-2-12(8-13)9-16-10-14(18)11-17-4-6-19-7-5-17/h1-3,8,14,16,18H,4-7,9-11H2. The Bertz CT molecular complexity index is 383. The first-order chi connectivity index (χ1) is 9.24. The van der Waals surface area contributed by atoms with Crippen LogP contribution in [0.15, 0.2) is 24.3 Å². The summed E-state index contributed by atoms with van der Waals surface area (Å²) in [5.41, 5.74) is 0.888. The molecule has 1 saturated heterocycles. The van der Waals surface area contributed by atoms with E-state index >= 15 is 0 Å². The van der Waals surface area contributed by atoms with Gasteiger partial charge in [-0.25, -0.2) is 4.39 Å². The fraction of sp³-hybridized carbons (Fsp3) is 0.571. The molecule has 0 spiro atoms. The first-order valence-corrected chi connectivity index (χ1v) is 6.67. The number of benzene rings is 1. The monoisotopic (exact) mass is 268 g/mol. The SMILES string of the molecule is OC(CNCc1cccc(F)c1)CN1CCOCC1. The summed E-state index contributed by atoms with van der Waals surface area (Å²) in [6.07, 6.45) is -0.411. The minimum Gasteiger partial charge on any atom is -0.390 e. The number of rotatable bonds is 6. The molecule has 4 nitrogen and oxygen atoms in total. The number of nitrogens with zero attached hydrogens (tertiary/aromatic N) is 1. The molecule has 19 heavy (non-hydrogen) atoms. The number of halogens is 1. The van der Waals surface area contributed by atoms with E-state index in [2.05, 4.69) is 10.2 Å². The predicted molar refractivity (Wildman–Crippen MR) is 71.4 cm³/mol. The molecule has 0 amide bonds. The summed E-state index contributed by atoms with van der Waals surface area (Å²) in [7, 11) is 0. The maximum atomic E-state index is 13.0. The van der Waals surface area contributed by atoms with Gasteiger partial charge in [0.2, 0.25) is 0 Å². The first-order valence-electron chi connectivity index (χ1n) is 6.67. The third-order valence-electron chi connectivity index (χ3n) is 3.17. The second-order valence-electron chi connectivity index (χ2n) is 4.83. The van der Waals surface area contributed by atoms with Gasteiger partial charge in [-0.05, 0) is 17.7 Å². The molecule has 5 heteroatoms. The van der Waals surface area contributed by atoms with Crippen LogP contribution in [0.1, 0.15) is 5.56 Å². The molecule has 106 valence electrons. The number of β-amino-alcohol motifs (C(OH)–C–C–N with tert-alkyl or cyclic N) is 1. The highest BCUT2D eigenvalue weighted by molar-refractivity contribution is 5.15. The van der Waals surface area contributed by atoms with E-state index in [9.17, 15) is 9.50 Å². The second-order valence-corrected chi connectivity index (χ2v) is 4.83. The molecule has 0 aliphatic carbocycles. The van der Waals surface area contributed by atoms with Gasteiger partial charge in [-0.15, -0.1) is 0 Å². The van der Waals surface area contributed by atoms with Gasteiger partial charge in [0.05, 0.1) is 19.3 Å². The van der Waals surface area contributed by atoms with Gasteiger partial charge in [0.1, 0.15) is 5.82 Å². The smallest absolute Gasteiger partial charge is 0.123 e. The fourth-order valence-electron chi connectivity index (χ4n) is 2.18. The lowest BCUT2D eigenvalue weighted by Crippen LogP contribution is -2.43. The molecule has 1 aliphatic heterocycles. The van der Waals surface area contributed by atoms with Crippen LogP contribution in [0, 0.1) is 5.82 Å². The largest absolute Gasteiger partial charge is 0.390 e. The van der Waals surface area contributed by atoms with Crippen LogP contribution in [-0.2, 0) is 11.3 Å². The Morgan fingerprint density at radius 1 is 1.37 bits per heavy atom. The Kier molecular flexibility index (Phi) is 5.72. The quantitative estimate of drug-likeness (QED) is 0.793. The summed E-state index contributed by atoms with van der Waals surface area (Å²) >= 11 is 0. The van der Waals surface area contributed by atoms with Gasteiger partial charge in [0.25, 0.3) is 0 Å². The fourth-order valence-corrected chi connectivity index (χ4v) is 2.18. The lowest BCUT2D eigenvalue weighted by atomic mass is 10.2. The normalized spacial score (nSPS) is 18.4. The van der Waals surface area contributed by atoms with E-state index in [1.54, 1.807) is 6.07 Å². The molecule has 1 aromatic rings. The number of nitrogens with one attached hydrogen (secondary N) is 1. The Balaban J connectivity index is 1.64. The number of hydrogen-bond acceptors (Lipinski definition) is 4. The van der Waals surface area contributed by atoms with Gasteiger partial charge in [-0.2, -0.15) is 0 Å². The summed E-state index contributed by atoms with van der Waals surface area (Å²) in [4.78, 5) is 2.19. The van der Waals surface area contributed by atoms with Crippen LogP contribution in [-0.4, -0.2) is 55.5 Å². The van der Waals surface area contributed by atoms with Crippen LogP contribution in [0.5, 0.6) is 0 Å². The van der Waals surface area contributed by atoms with Gasteiger partial charge < -0.3 is 15.2 Å². The van der Waals surface area contributed by atoms with Crippen molar-refractivity contribution in [2.45, 2.75) is 12.6 Å². The maximum absolute atomic E-state index is 13.0. The molecule has 1 atom stereocenters. The summed E-state index contributed by atoms with van der Waals surface area (Å²) in [6.45, 7) is 4.96. The topological polar surface area (TPSA) is 44.7 Å². The van der Waals surface area contributed by atoms with Crippen LogP contribution in [0.4, 0.5) is 4.39 Å². The molecule has 0 bridgehead atoms. The summed E-state index contributed by atoms with van der Waals surface area (Å²) < 4.78 is 18.2. The van der Waals surface area contributed by atoms with Crippen molar-refractivity contribution in [1.29, 1.82) is 0 Å². The van der Waals surface area contributed by atoms with Crippen molar-refractivity contribution in [2.24, 2.45) is 0 Å². The second kappa shape index (κ2) is 7.55. The van der Waals surface area contributed by atoms with Gasteiger partial charge in [0, 0.05) is 32.7 Å². The van der Waals surface area contributed by atoms with Gasteiger partial charge in [-0.1, -0.05) is 12.1 Å². The maximum Gasteiger partial charge on any atom is 0.123 e. The highest BCUT2D eigenvalue weighted by Gasteiger charge is 2.14. The molecule has 1 unspecified atom stereocenters. The Morgan fingerprint density at radius 2 is 2.16 bits per heavy atom. The minimum atomic E-state index is -0.411. The van der Waals surface area contributed by atoms with Crippen LogP contribution in [0.2, 0.25) is 0 Å². The van der Waals surface area contributed by atoms with Crippen LogP contribution >= 0.6 is 0 Å². The average Bonchev–Trinajstić information content (AvgIpc) is 2.40. The highest BCUT2D eigenvalue weighted by Crippen LogP contribution is 2.03. The molecular formula is C14H21FN2O2. The van der Waals surface area contributed by atoms with Crippen molar-refractivity contribution in [1.82, 2.24) is 10.2 Å². The van der Waals surface area contributed by atoms with Crippen LogP contribution in [0.25, 0.3) is 0 Å². The van der Waals surface area contributed by atoms with Crippen molar-refractivity contribution in [3.8, 4) is 0 Å². The van der Waals surface area contributed by atoms with E-state index in [0.29, 0.717) is 19.6 Å². The van der Waals surface area contributed by atoms with Crippen molar-refractivity contribution in [2.75, 3.05) is 39.4 Å². The van der Waals surface area contributed by atoms with E-state index < -0.39 is 6.10 Å². The number of aliphatic hydroxyl groups is 1. The van der Waals surface area contributed by atoms with Crippen LogP contribution < -0.4 is 5.32 Å². The third-order valence-corrected chi connectivity index (χ3v) is 3.17. The molecule has 0 aromatic heterocycles. The summed E-state index contributed by atoms with van der Waals surface area (Å²) in [5.74, 6) is -0.229. The molecule has 2 N–H and O–H groups in total. The third kappa shape index (κ3) is 5.24. The summed E-state index contributed by atoms with van der Waals surface area (Å²) in [6, 6.07) is 6.49.